The van der Waals surface area contributed by atoms with Crippen molar-refractivity contribution in [2.75, 3.05) is 0 Å². The van der Waals surface area contributed by atoms with E-state index in [1.54, 1.807) is 36.4 Å². The Bertz CT molecular complexity index is 1280. The van der Waals surface area contributed by atoms with E-state index in [1.165, 1.54) is 25.3 Å². The first-order valence-corrected chi connectivity index (χ1v) is 9.89. The van der Waals surface area contributed by atoms with Crippen LogP contribution in [-0.2, 0) is 11.3 Å². The zero-order valence-electron chi connectivity index (χ0n) is 17.2. The Kier molecular flexibility index (Phi) is 5.47. The van der Waals surface area contributed by atoms with Crippen LogP contribution in [0.15, 0.2) is 66.9 Å². The molecule has 0 bridgehead atoms. The van der Waals surface area contributed by atoms with Crippen molar-refractivity contribution in [3.63, 3.8) is 0 Å². The summed E-state index contributed by atoms with van der Waals surface area (Å²) >= 11 is 0. The molecule has 0 fully saturated rings. The molecule has 3 aromatic carbocycles. The number of hydrogen-bond donors (Lipinski definition) is 4. The summed E-state index contributed by atoms with van der Waals surface area (Å²) in [4.78, 5) is 36.3. The monoisotopic (exact) mass is 428 g/mol. The summed E-state index contributed by atoms with van der Waals surface area (Å²) in [5, 5.41) is 24.4. The molecule has 0 unspecified atom stereocenters. The summed E-state index contributed by atoms with van der Waals surface area (Å²) in [7, 11) is 0. The molecule has 160 valence electrons. The lowest BCUT2D eigenvalue weighted by Gasteiger charge is -2.19. The van der Waals surface area contributed by atoms with Crippen LogP contribution in [0.3, 0.4) is 0 Å². The molecular weight excluding hydrogens is 408 g/mol. The van der Waals surface area contributed by atoms with Gasteiger partial charge >= 0.3 is 0 Å². The number of imide groups is 1. The number of amides is 2. The van der Waals surface area contributed by atoms with E-state index in [2.05, 4.69) is 10.6 Å². The number of hydrogen-bond acceptors (Lipinski definition) is 6. The number of carbonyl (C=O) groups is 3. The molecule has 32 heavy (non-hydrogen) atoms. The van der Waals surface area contributed by atoms with Gasteiger partial charge in [0, 0.05) is 29.4 Å². The number of phenols is 2. The maximum atomic E-state index is 12.5. The molecule has 1 aliphatic rings. The lowest BCUT2D eigenvalue weighted by atomic mass is 9.91. The summed E-state index contributed by atoms with van der Waals surface area (Å²) in [6, 6.07) is 16.8. The number of rotatable bonds is 5. The Labute approximate surface area is 184 Å². The minimum atomic E-state index is -0.521. The fraction of sp³-hybridized carbons (Fsp3) is 0.0800. The van der Waals surface area contributed by atoms with E-state index < -0.39 is 11.8 Å². The molecule has 0 aliphatic carbocycles. The highest BCUT2D eigenvalue weighted by Gasteiger charge is 2.27. The molecule has 2 amide bonds. The van der Waals surface area contributed by atoms with Gasteiger partial charge in [-0.1, -0.05) is 36.4 Å². The molecule has 3 aromatic rings. The predicted octanol–water partition coefficient (Wildman–Crippen LogP) is 3.37. The second-order valence-electron chi connectivity index (χ2n) is 7.44. The lowest BCUT2D eigenvalue weighted by Crippen LogP contribution is -2.37. The third-order valence-electron chi connectivity index (χ3n) is 5.24. The summed E-state index contributed by atoms with van der Waals surface area (Å²) < 4.78 is 0. The zero-order chi connectivity index (χ0) is 22.8. The van der Waals surface area contributed by atoms with Gasteiger partial charge in [0.2, 0.25) is 0 Å². The van der Waals surface area contributed by atoms with E-state index >= 15 is 0 Å². The number of benzene rings is 3. The van der Waals surface area contributed by atoms with E-state index in [9.17, 15) is 24.6 Å². The van der Waals surface area contributed by atoms with Gasteiger partial charge in [0.1, 0.15) is 0 Å². The molecule has 1 heterocycles. The first-order chi connectivity index (χ1) is 15.3. The fourth-order valence-corrected chi connectivity index (χ4v) is 3.50. The molecule has 4 N–H and O–H groups in total. The summed E-state index contributed by atoms with van der Waals surface area (Å²) in [6.45, 7) is 1.79. The zero-order valence-corrected chi connectivity index (χ0v) is 17.2. The van der Waals surface area contributed by atoms with E-state index in [4.69, 9.17) is 0 Å². The summed E-state index contributed by atoms with van der Waals surface area (Å²) in [5.74, 6) is -1.46. The summed E-state index contributed by atoms with van der Waals surface area (Å²) in [6.07, 6.45) is 1.52. The Morgan fingerprint density at radius 2 is 1.59 bits per heavy atom. The number of ketones is 1. The van der Waals surface area contributed by atoms with Crippen molar-refractivity contribution >= 4 is 23.2 Å². The number of carbonyl (C=O) groups excluding carboxylic acids is 3. The molecule has 0 radical (unpaired) electrons. The van der Waals surface area contributed by atoms with Gasteiger partial charge in [-0.25, -0.2) is 0 Å². The van der Waals surface area contributed by atoms with Crippen LogP contribution in [0.5, 0.6) is 11.5 Å². The molecule has 0 spiro atoms. The Hall–Kier alpha value is -4.39. The van der Waals surface area contributed by atoms with Crippen molar-refractivity contribution in [1.82, 2.24) is 10.6 Å². The smallest absolute Gasteiger partial charge is 0.260 e. The first kappa shape index (κ1) is 20.9. The lowest BCUT2D eigenvalue weighted by molar-refractivity contribution is -0.114. The van der Waals surface area contributed by atoms with Gasteiger partial charge in [-0.3, -0.25) is 19.7 Å². The Morgan fingerprint density at radius 3 is 2.28 bits per heavy atom. The summed E-state index contributed by atoms with van der Waals surface area (Å²) in [5.41, 5.74) is 4.12. The Balaban J connectivity index is 1.65. The topological polar surface area (TPSA) is 116 Å². The number of nitrogens with one attached hydrogen (secondary N) is 2. The van der Waals surface area contributed by atoms with Crippen LogP contribution in [0, 0.1) is 0 Å². The third kappa shape index (κ3) is 4.09. The highest BCUT2D eigenvalue weighted by Crippen LogP contribution is 2.30. The van der Waals surface area contributed by atoms with Crippen LogP contribution in [0.25, 0.3) is 16.7 Å². The Morgan fingerprint density at radius 1 is 0.875 bits per heavy atom. The highest BCUT2D eigenvalue weighted by molar-refractivity contribution is 6.31. The quantitative estimate of drug-likeness (QED) is 0.214. The van der Waals surface area contributed by atoms with Crippen LogP contribution < -0.4 is 10.6 Å². The number of Topliss-reactive ketones (excluding diaryl/α,β-unsaturated/α-hetero) is 1. The van der Waals surface area contributed by atoms with Crippen LogP contribution in [0.2, 0.25) is 0 Å². The third-order valence-corrected chi connectivity index (χ3v) is 5.24. The van der Waals surface area contributed by atoms with Crippen molar-refractivity contribution in [1.29, 1.82) is 0 Å². The number of fused-ring (bicyclic) bond motifs is 1. The molecule has 0 saturated heterocycles. The number of aromatic hydroxyl groups is 2. The van der Waals surface area contributed by atoms with E-state index in [0.717, 1.165) is 11.1 Å². The average Bonchev–Trinajstić information content (AvgIpc) is 2.78. The van der Waals surface area contributed by atoms with Gasteiger partial charge < -0.3 is 15.5 Å². The van der Waals surface area contributed by atoms with Crippen LogP contribution >= 0.6 is 0 Å². The van der Waals surface area contributed by atoms with Crippen LogP contribution in [0.1, 0.15) is 38.8 Å². The maximum absolute atomic E-state index is 12.5. The van der Waals surface area contributed by atoms with Gasteiger partial charge in [-0.15, -0.1) is 0 Å². The average molecular weight is 428 g/mol. The molecule has 7 heteroatoms. The van der Waals surface area contributed by atoms with Crippen molar-refractivity contribution in [3.05, 3.63) is 89.1 Å². The molecule has 4 rings (SSSR count). The van der Waals surface area contributed by atoms with E-state index in [1.807, 2.05) is 12.1 Å². The number of phenolic OH excluding ortho intramolecular Hbond substituents is 2. The highest BCUT2D eigenvalue weighted by atomic mass is 16.3. The second kappa shape index (κ2) is 8.39. The second-order valence-corrected chi connectivity index (χ2v) is 7.44. The largest absolute Gasteiger partial charge is 0.504 e. The SMILES string of the molecule is CC(=O)c1ccc(-c2ccc3c(c2)C(=CNCc2ccc(O)c(O)c2)C(=O)NC3=O)cc1. The van der Waals surface area contributed by atoms with Gasteiger partial charge in [-0.2, -0.15) is 0 Å². The van der Waals surface area contributed by atoms with Crippen molar-refractivity contribution in [3.8, 4) is 22.6 Å². The van der Waals surface area contributed by atoms with Gasteiger partial charge in [0.05, 0.1) is 5.57 Å². The normalized spacial score (nSPS) is 14.1. The first-order valence-electron chi connectivity index (χ1n) is 9.89. The maximum Gasteiger partial charge on any atom is 0.260 e. The molecule has 1 aliphatic heterocycles. The van der Waals surface area contributed by atoms with Gasteiger partial charge in [0.25, 0.3) is 11.8 Å². The molecule has 0 atom stereocenters. The molecule has 7 nitrogen and oxygen atoms in total. The molecule has 0 saturated carbocycles. The van der Waals surface area contributed by atoms with Gasteiger partial charge in [-0.05, 0) is 47.9 Å². The standard InChI is InChI=1S/C25H20N2O5/c1-14(28)16-3-5-17(6-4-16)18-7-8-19-20(11-18)21(25(32)27-24(19)31)13-26-12-15-2-9-22(29)23(30)10-15/h2-11,13,26,29-30H,12H2,1H3,(H,27,31,32). The minimum Gasteiger partial charge on any atom is -0.504 e. The minimum absolute atomic E-state index is 0.0255. The van der Waals surface area contributed by atoms with Crippen molar-refractivity contribution < 1.29 is 24.6 Å². The van der Waals surface area contributed by atoms with Gasteiger partial charge in [0.15, 0.2) is 17.3 Å². The van der Waals surface area contributed by atoms with E-state index in [0.29, 0.717) is 34.4 Å². The predicted molar refractivity (Wildman–Crippen MR) is 119 cm³/mol. The van der Waals surface area contributed by atoms with Crippen molar-refractivity contribution in [2.45, 2.75) is 13.5 Å². The van der Waals surface area contributed by atoms with E-state index in [-0.39, 0.29) is 17.3 Å². The van der Waals surface area contributed by atoms with Crippen molar-refractivity contribution in [2.24, 2.45) is 0 Å². The molecular formula is C25H20N2O5. The fourth-order valence-electron chi connectivity index (χ4n) is 3.50. The van der Waals surface area contributed by atoms with Crippen LogP contribution in [-0.4, -0.2) is 27.8 Å². The molecule has 0 aromatic heterocycles. The van der Waals surface area contributed by atoms with Crippen LogP contribution in [0.4, 0.5) is 0 Å².